The Hall–Kier alpha value is -3.65. The van der Waals surface area contributed by atoms with Crippen LogP contribution in [0.3, 0.4) is 0 Å². The fourth-order valence-corrected chi connectivity index (χ4v) is 3.84. The summed E-state index contributed by atoms with van der Waals surface area (Å²) in [5.41, 5.74) is 12.0. The van der Waals surface area contributed by atoms with Gasteiger partial charge in [-0.25, -0.2) is 4.79 Å². The second kappa shape index (κ2) is 17.0. The third-order valence-corrected chi connectivity index (χ3v) is 6.10. The van der Waals surface area contributed by atoms with Crippen molar-refractivity contribution in [1.29, 1.82) is 0 Å². The Morgan fingerprint density at radius 1 is 0.816 bits per heavy atom. The highest BCUT2D eigenvalue weighted by Crippen LogP contribution is 2.07. The normalized spacial score (nSPS) is 13.8. The number of primary amides is 1. The summed E-state index contributed by atoms with van der Waals surface area (Å²) in [5.74, 6) is -5.19. The Bertz CT molecular complexity index is 978. The SMILES string of the molecule is CSCCC(NC(=O)C(CCC(N)=O)NC(=O)C(N)Cc1ccccc1)C(=O)NC(CCC(=O)O)C(=O)O. The molecule has 1 aromatic rings. The van der Waals surface area contributed by atoms with Crippen LogP contribution < -0.4 is 27.4 Å². The van der Waals surface area contributed by atoms with Gasteiger partial charge in [0.1, 0.15) is 18.1 Å². The number of nitrogens with two attached hydrogens (primary N) is 2. The number of carbonyl (C=O) groups is 6. The van der Waals surface area contributed by atoms with Crippen LogP contribution in [0.5, 0.6) is 0 Å². The van der Waals surface area contributed by atoms with Gasteiger partial charge in [-0.2, -0.15) is 11.8 Å². The number of carboxylic acids is 2. The molecule has 210 valence electrons. The third kappa shape index (κ3) is 12.5. The minimum atomic E-state index is -1.48. The van der Waals surface area contributed by atoms with Crippen molar-refractivity contribution in [3.8, 4) is 0 Å². The molecular formula is C24H35N5O8S. The lowest BCUT2D eigenvalue weighted by Crippen LogP contribution is -2.57. The molecule has 4 unspecified atom stereocenters. The van der Waals surface area contributed by atoms with Crippen LogP contribution in [0.2, 0.25) is 0 Å². The van der Waals surface area contributed by atoms with E-state index in [1.54, 1.807) is 30.5 Å². The van der Waals surface area contributed by atoms with Gasteiger partial charge in [-0.1, -0.05) is 30.3 Å². The van der Waals surface area contributed by atoms with Crippen LogP contribution in [-0.4, -0.2) is 82.0 Å². The van der Waals surface area contributed by atoms with E-state index in [-0.39, 0.29) is 32.1 Å². The van der Waals surface area contributed by atoms with Crippen LogP contribution >= 0.6 is 11.8 Å². The van der Waals surface area contributed by atoms with Gasteiger partial charge in [0.2, 0.25) is 23.6 Å². The van der Waals surface area contributed by atoms with Gasteiger partial charge in [-0.05, 0) is 43.3 Å². The average Bonchev–Trinajstić information content (AvgIpc) is 2.86. The molecule has 14 heteroatoms. The van der Waals surface area contributed by atoms with E-state index in [4.69, 9.17) is 16.6 Å². The maximum Gasteiger partial charge on any atom is 0.326 e. The number of nitrogens with one attached hydrogen (secondary N) is 3. The summed E-state index contributed by atoms with van der Waals surface area (Å²) in [6, 6.07) is 4.07. The minimum Gasteiger partial charge on any atom is -0.481 e. The van der Waals surface area contributed by atoms with Crippen molar-refractivity contribution in [2.75, 3.05) is 12.0 Å². The molecule has 0 heterocycles. The molecule has 0 spiro atoms. The first-order valence-corrected chi connectivity index (χ1v) is 13.3. The van der Waals surface area contributed by atoms with Gasteiger partial charge >= 0.3 is 11.9 Å². The van der Waals surface area contributed by atoms with Gasteiger partial charge in [-0.3, -0.25) is 24.0 Å². The highest BCUT2D eigenvalue weighted by atomic mass is 32.2. The van der Waals surface area contributed by atoms with Gasteiger partial charge in [0, 0.05) is 12.8 Å². The lowest BCUT2D eigenvalue weighted by Gasteiger charge is -2.25. The molecule has 0 bridgehead atoms. The van der Waals surface area contributed by atoms with E-state index < -0.39 is 66.2 Å². The summed E-state index contributed by atoms with van der Waals surface area (Å²) >= 11 is 1.38. The number of carbonyl (C=O) groups excluding carboxylic acids is 4. The lowest BCUT2D eigenvalue weighted by molar-refractivity contribution is -0.143. The Labute approximate surface area is 224 Å². The van der Waals surface area contributed by atoms with Gasteiger partial charge in [0.25, 0.3) is 0 Å². The number of benzene rings is 1. The molecule has 9 N–H and O–H groups in total. The van der Waals surface area contributed by atoms with E-state index >= 15 is 0 Å². The quantitative estimate of drug-likeness (QED) is 0.117. The van der Waals surface area contributed by atoms with Crippen LogP contribution in [0, 0.1) is 0 Å². The molecule has 0 aliphatic carbocycles. The first-order chi connectivity index (χ1) is 17.9. The highest BCUT2D eigenvalue weighted by Gasteiger charge is 2.30. The number of carboxylic acid groups (broad SMARTS) is 2. The summed E-state index contributed by atoms with van der Waals surface area (Å²) in [7, 11) is 0. The lowest BCUT2D eigenvalue weighted by atomic mass is 10.0. The van der Waals surface area contributed by atoms with Gasteiger partial charge in [0.15, 0.2) is 0 Å². The van der Waals surface area contributed by atoms with Crippen LogP contribution in [0.1, 0.15) is 37.7 Å². The molecule has 0 fully saturated rings. The summed E-state index contributed by atoms with van der Waals surface area (Å²) in [6.45, 7) is 0. The molecule has 1 aromatic carbocycles. The van der Waals surface area contributed by atoms with Crippen molar-refractivity contribution in [3.05, 3.63) is 35.9 Å². The first kappa shape index (κ1) is 32.4. The Balaban J connectivity index is 2.97. The van der Waals surface area contributed by atoms with Crippen molar-refractivity contribution in [1.82, 2.24) is 16.0 Å². The highest BCUT2D eigenvalue weighted by molar-refractivity contribution is 7.98. The second-order valence-electron chi connectivity index (χ2n) is 8.54. The fraction of sp³-hybridized carbons (Fsp3) is 0.500. The molecule has 0 saturated heterocycles. The first-order valence-electron chi connectivity index (χ1n) is 11.9. The largest absolute Gasteiger partial charge is 0.481 e. The number of thioether (sulfide) groups is 1. The molecule has 4 amide bonds. The number of hydrogen-bond donors (Lipinski definition) is 7. The van der Waals surface area contributed by atoms with Crippen molar-refractivity contribution in [2.24, 2.45) is 11.5 Å². The molecule has 1 rings (SSSR count). The Kier molecular flexibility index (Phi) is 14.5. The molecule has 0 aromatic heterocycles. The van der Waals surface area contributed by atoms with E-state index in [1.165, 1.54) is 11.8 Å². The number of aliphatic carboxylic acids is 2. The van der Waals surface area contributed by atoms with Crippen molar-refractivity contribution in [3.63, 3.8) is 0 Å². The average molecular weight is 554 g/mol. The van der Waals surface area contributed by atoms with E-state index in [2.05, 4.69) is 16.0 Å². The Morgan fingerprint density at radius 2 is 1.34 bits per heavy atom. The maximum absolute atomic E-state index is 13.1. The van der Waals surface area contributed by atoms with Gasteiger partial charge in [-0.15, -0.1) is 0 Å². The van der Waals surface area contributed by atoms with Crippen molar-refractivity contribution >= 4 is 47.3 Å². The van der Waals surface area contributed by atoms with E-state index in [9.17, 15) is 33.9 Å². The maximum atomic E-state index is 13.1. The molecule has 38 heavy (non-hydrogen) atoms. The zero-order valence-corrected chi connectivity index (χ0v) is 21.9. The van der Waals surface area contributed by atoms with Crippen molar-refractivity contribution in [2.45, 2.75) is 62.7 Å². The standard InChI is InChI=1S/C24H35N5O8S/c1-38-12-11-17(23(35)29-18(24(36)37)8-10-20(31)32)28-22(34)16(7-9-19(26)30)27-21(33)15(25)13-14-5-3-2-4-6-14/h2-6,15-18H,7-13,25H2,1H3,(H2,26,30)(H,27,33)(H,28,34)(H,29,35)(H,31,32)(H,36,37). The molecule has 13 nitrogen and oxygen atoms in total. The third-order valence-electron chi connectivity index (χ3n) is 5.45. The van der Waals surface area contributed by atoms with E-state index in [1.807, 2.05) is 6.07 Å². The van der Waals surface area contributed by atoms with Crippen LogP contribution in [0.4, 0.5) is 0 Å². The van der Waals surface area contributed by atoms with Gasteiger partial charge in [0.05, 0.1) is 6.04 Å². The van der Waals surface area contributed by atoms with E-state index in [0.29, 0.717) is 5.75 Å². The number of amides is 4. The zero-order valence-electron chi connectivity index (χ0n) is 21.1. The van der Waals surface area contributed by atoms with Gasteiger partial charge < -0.3 is 37.6 Å². The number of rotatable bonds is 18. The smallest absolute Gasteiger partial charge is 0.326 e. The number of hydrogen-bond acceptors (Lipinski definition) is 8. The predicted octanol–water partition coefficient (Wildman–Crippen LogP) is -1.02. The molecule has 0 aliphatic heterocycles. The minimum absolute atomic E-state index is 0.119. The molecule has 0 aliphatic rings. The molecular weight excluding hydrogens is 518 g/mol. The summed E-state index contributed by atoms with van der Waals surface area (Å²) < 4.78 is 0. The second-order valence-corrected chi connectivity index (χ2v) is 9.52. The summed E-state index contributed by atoms with van der Waals surface area (Å²) in [5, 5.41) is 25.4. The van der Waals surface area contributed by atoms with E-state index in [0.717, 1.165) is 5.56 Å². The summed E-state index contributed by atoms with van der Waals surface area (Å²) in [6.07, 6.45) is 0.867. The summed E-state index contributed by atoms with van der Waals surface area (Å²) in [4.78, 5) is 72.3. The van der Waals surface area contributed by atoms with Crippen LogP contribution in [0.25, 0.3) is 0 Å². The molecule has 0 saturated carbocycles. The fourth-order valence-electron chi connectivity index (χ4n) is 3.37. The predicted molar refractivity (Wildman–Crippen MR) is 140 cm³/mol. The molecule has 4 atom stereocenters. The topological polar surface area (TPSA) is 231 Å². The zero-order chi connectivity index (χ0) is 28.7. The molecule has 0 radical (unpaired) electrons. The van der Waals surface area contributed by atoms with Crippen molar-refractivity contribution < 1.29 is 39.0 Å². The van der Waals surface area contributed by atoms with Crippen LogP contribution in [-0.2, 0) is 35.2 Å². The monoisotopic (exact) mass is 553 g/mol. The van der Waals surface area contributed by atoms with Crippen LogP contribution in [0.15, 0.2) is 30.3 Å². The Morgan fingerprint density at radius 3 is 1.87 bits per heavy atom.